The Kier molecular flexibility index (Phi) is 5.05. The topological polar surface area (TPSA) is 152 Å². The van der Waals surface area contributed by atoms with Crippen LogP contribution in [0.15, 0.2) is 44.1 Å². The summed E-state index contributed by atoms with van der Waals surface area (Å²) in [7, 11) is 0. The van der Waals surface area contributed by atoms with Gasteiger partial charge in [-0.2, -0.15) is 5.10 Å². The van der Waals surface area contributed by atoms with Gasteiger partial charge >= 0.3 is 5.69 Å². The molecule has 0 spiro atoms. The minimum atomic E-state index is -0.805. The highest BCUT2D eigenvalue weighted by Gasteiger charge is 2.19. The van der Waals surface area contributed by atoms with Crippen LogP contribution >= 0.6 is 11.6 Å². The number of aromatic amines is 1. The average molecular weight is 351 g/mol. The molecule has 0 fully saturated rings. The van der Waals surface area contributed by atoms with Gasteiger partial charge < -0.3 is 16.6 Å². The summed E-state index contributed by atoms with van der Waals surface area (Å²) >= 11 is 5.81. The molecule has 2 aromatic rings. The van der Waals surface area contributed by atoms with Crippen LogP contribution in [-0.4, -0.2) is 26.3 Å². The molecule has 1 aromatic carbocycles. The first-order valence-corrected chi connectivity index (χ1v) is 7.23. The molecule has 2 rings (SSSR count). The van der Waals surface area contributed by atoms with E-state index in [1.165, 1.54) is 12.1 Å². The van der Waals surface area contributed by atoms with E-state index in [0.717, 1.165) is 4.57 Å². The molecule has 0 bridgehead atoms. The third-order valence-corrected chi connectivity index (χ3v) is 3.33. The maximum absolute atomic E-state index is 12.1. The number of benzene rings is 1. The minimum Gasteiger partial charge on any atom is -0.493 e. The van der Waals surface area contributed by atoms with Crippen molar-refractivity contribution in [1.82, 2.24) is 9.55 Å². The number of H-pyrrole nitrogens is 1. The molecule has 0 saturated heterocycles. The number of hydrogen-bond donors (Lipinski definition) is 4. The van der Waals surface area contributed by atoms with E-state index in [4.69, 9.17) is 23.1 Å². The molecule has 0 saturated carbocycles. The van der Waals surface area contributed by atoms with E-state index in [1.54, 1.807) is 19.1 Å². The molecular weight excluding hydrogens is 336 g/mol. The fourth-order valence-electron chi connectivity index (χ4n) is 2.03. The Bertz CT molecular complexity index is 923. The van der Waals surface area contributed by atoms with Crippen LogP contribution in [0.5, 0.6) is 5.88 Å². The Morgan fingerprint density at radius 2 is 1.88 bits per heavy atom. The predicted octanol–water partition coefficient (Wildman–Crippen LogP) is 0.272. The van der Waals surface area contributed by atoms with E-state index in [0.29, 0.717) is 10.7 Å². The highest BCUT2D eigenvalue weighted by molar-refractivity contribution is 6.30. The maximum atomic E-state index is 12.1. The van der Waals surface area contributed by atoms with Crippen molar-refractivity contribution in [2.24, 2.45) is 21.7 Å². The van der Waals surface area contributed by atoms with Crippen LogP contribution in [0.1, 0.15) is 18.9 Å². The lowest BCUT2D eigenvalue weighted by Gasteiger charge is -2.11. The van der Waals surface area contributed by atoms with Crippen molar-refractivity contribution in [3.63, 3.8) is 0 Å². The summed E-state index contributed by atoms with van der Waals surface area (Å²) in [5.74, 6) is -0.875. The van der Waals surface area contributed by atoms with Crippen LogP contribution in [0.2, 0.25) is 5.02 Å². The number of nitrogens with one attached hydrogen (secondary N) is 1. The van der Waals surface area contributed by atoms with Gasteiger partial charge in [0.1, 0.15) is 5.56 Å². The normalized spacial score (nSPS) is 11.3. The minimum absolute atomic E-state index is 0.116. The van der Waals surface area contributed by atoms with Gasteiger partial charge in [-0.05, 0) is 30.7 Å². The summed E-state index contributed by atoms with van der Waals surface area (Å²) in [5.41, 5.74) is 9.06. The van der Waals surface area contributed by atoms with Crippen LogP contribution in [0.3, 0.4) is 0 Å². The van der Waals surface area contributed by atoms with E-state index in [9.17, 15) is 14.7 Å². The van der Waals surface area contributed by atoms with E-state index in [2.05, 4.69) is 15.2 Å². The summed E-state index contributed by atoms with van der Waals surface area (Å²) in [6, 6.07) is 6.12. The Morgan fingerprint density at radius 1 is 1.25 bits per heavy atom. The number of guanidine groups is 1. The highest BCUT2D eigenvalue weighted by atomic mass is 35.5. The number of nitrogens with zero attached hydrogens (tertiary/aromatic N) is 3. The zero-order valence-electron chi connectivity index (χ0n) is 12.7. The number of aromatic hydroxyl groups is 1. The molecule has 0 atom stereocenters. The first-order chi connectivity index (χ1) is 11.3. The van der Waals surface area contributed by atoms with Gasteiger partial charge in [0.2, 0.25) is 11.8 Å². The molecule has 1 heterocycles. The van der Waals surface area contributed by atoms with Crippen molar-refractivity contribution >= 4 is 23.3 Å². The number of hydrogen-bond acceptors (Lipinski definition) is 5. The molecule has 0 aliphatic carbocycles. The van der Waals surface area contributed by atoms with Crippen LogP contribution in [0, 0.1) is 0 Å². The molecule has 0 radical (unpaired) electrons. The molecular formula is C14H15ClN6O3. The molecule has 0 aliphatic heterocycles. The smallest absolute Gasteiger partial charge is 0.335 e. The molecule has 1 aromatic heterocycles. The second-order valence-corrected chi connectivity index (χ2v) is 5.13. The molecule has 6 N–H and O–H groups in total. The second-order valence-electron chi connectivity index (χ2n) is 4.69. The van der Waals surface area contributed by atoms with Crippen molar-refractivity contribution < 1.29 is 5.11 Å². The van der Waals surface area contributed by atoms with Gasteiger partial charge in [0, 0.05) is 5.02 Å². The number of nitrogens with two attached hydrogens (primary N) is 2. The molecule has 9 nitrogen and oxygen atoms in total. The number of halogens is 1. The molecule has 126 valence electrons. The van der Waals surface area contributed by atoms with E-state index in [1.807, 2.05) is 0 Å². The van der Waals surface area contributed by atoms with Gasteiger partial charge in [-0.3, -0.25) is 9.78 Å². The first kappa shape index (κ1) is 17.3. The highest BCUT2D eigenvalue weighted by Crippen LogP contribution is 2.19. The van der Waals surface area contributed by atoms with Crippen molar-refractivity contribution in [3.05, 3.63) is 55.7 Å². The Hall–Kier alpha value is -3.07. The lowest BCUT2D eigenvalue weighted by atomic mass is 10.1. The summed E-state index contributed by atoms with van der Waals surface area (Å²) in [6.07, 6.45) is 0.242. The predicted molar refractivity (Wildman–Crippen MR) is 92.0 cm³/mol. The maximum Gasteiger partial charge on any atom is 0.335 e. The Balaban J connectivity index is 2.75. The fourth-order valence-corrected chi connectivity index (χ4v) is 2.16. The van der Waals surface area contributed by atoms with Crippen molar-refractivity contribution in [3.8, 4) is 11.6 Å². The van der Waals surface area contributed by atoms with E-state index in [-0.39, 0.29) is 23.7 Å². The van der Waals surface area contributed by atoms with Crippen molar-refractivity contribution in [2.75, 3.05) is 0 Å². The first-order valence-electron chi connectivity index (χ1n) is 6.85. The molecule has 24 heavy (non-hydrogen) atoms. The van der Waals surface area contributed by atoms with E-state index >= 15 is 0 Å². The van der Waals surface area contributed by atoms with Gasteiger partial charge in [0.15, 0.2) is 0 Å². The fraction of sp³-hybridized carbons (Fsp3) is 0.143. The summed E-state index contributed by atoms with van der Waals surface area (Å²) < 4.78 is 0.924. The largest absolute Gasteiger partial charge is 0.493 e. The zero-order chi connectivity index (χ0) is 17.9. The number of aromatic nitrogens is 2. The lowest BCUT2D eigenvalue weighted by Crippen LogP contribution is -2.33. The van der Waals surface area contributed by atoms with Crippen molar-refractivity contribution in [2.45, 2.75) is 13.3 Å². The van der Waals surface area contributed by atoms with Crippen LogP contribution in [0.25, 0.3) is 5.69 Å². The van der Waals surface area contributed by atoms with Gasteiger partial charge in [-0.25, -0.2) is 9.36 Å². The van der Waals surface area contributed by atoms with Crippen LogP contribution in [-0.2, 0) is 0 Å². The molecule has 0 aliphatic rings. The monoisotopic (exact) mass is 350 g/mol. The number of rotatable bonds is 4. The summed E-state index contributed by atoms with van der Waals surface area (Å²) in [5, 5.41) is 18.1. The van der Waals surface area contributed by atoms with Crippen LogP contribution < -0.4 is 22.7 Å². The van der Waals surface area contributed by atoms with Crippen LogP contribution in [0.4, 0.5) is 0 Å². The quantitative estimate of drug-likeness (QED) is 0.354. The average Bonchev–Trinajstić information content (AvgIpc) is 2.51. The summed E-state index contributed by atoms with van der Waals surface area (Å²) in [4.78, 5) is 26.3. The summed E-state index contributed by atoms with van der Waals surface area (Å²) in [6.45, 7) is 1.69. The molecule has 0 unspecified atom stereocenters. The molecule has 10 heteroatoms. The Labute approximate surface area is 140 Å². The SMILES string of the molecule is CC/C(=N\N=C(N)N)c1c(O)n(-c2ccc(Cl)cc2)c(=O)[nH]c1=O. The lowest BCUT2D eigenvalue weighted by molar-refractivity contribution is 0.429. The van der Waals surface area contributed by atoms with Gasteiger partial charge in [0.25, 0.3) is 5.56 Å². The van der Waals surface area contributed by atoms with E-state index < -0.39 is 17.1 Å². The Morgan fingerprint density at radius 3 is 2.42 bits per heavy atom. The molecule has 0 amide bonds. The second kappa shape index (κ2) is 7.01. The van der Waals surface area contributed by atoms with Gasteiger partial charge in [0.05, 0.1) is 11.4 Å². The van der Waals surface area contributed by atoms with Gasteiger partial charge in [-0.15, -0.1) is 5.10 Å². The third-order valence-electron chi connectivity index (χ3n) is 3.08. The third kappa shape index (κ3) is 3.46. The van der Waals surface area contributed by atoms with Crippen molar-refractivity contribution in [1.29, 1.82) is 0 Å². The van der Waals surface area contributed by atoms with Gasteiger partial charge in [-0.1, -0.05) is 18.5 Å². The zero-order valence-corrected chi connectivity index (χ0v) is 13.4. The standard InChI is InChI=1S/C14H15ClN6O3/c1-2-9(19-20-13(16)17)10-11(22)18-14(24)21(12(10)23)8-5-3-7(15)4-6-8/h3-6,23H,2H2,1H3,(H4,16,17,20)(H,18,22,24)/b19-9+.